The van der Waals surface area contributed by atoms with Gasteiger partial charge >= 0.3 is 0 Å². The van der Waals surface area contributed by atoms with Gasteiger partial charge in [-0.25, -0.2) is 4.98 Å². The van der Waals surface area contributed by atoms with Crippen LogP contribution in [0.25, 0.3) is 11.0 Å². The molecule has 18 heavy (non-hydrogen) atoms. The average molecular weight is 241 g/mol. The van der Waals surface area contributed by atoms with Crippen LogP contribution in [0.4, 0.5) is 0 Å². The third-order valence-electron chi connectivity index (χ3n) is 3.70. The lowest BCUT2D eigenvalue weighted by Crippen LogP contribution is -2.24. The van der Waals surface area contributed by atoms with Gasteiger partial charge in [-0.2, -0.15) is 5.26 Å². The van der Waals surface area contributed by atoms with Crippen LogP contribution in [0.3, 0.4) is 0 Å². The van der Waals surface area contributed by atoms with Crippen LogP contribution in [0, 0.1) is 11.3 Å². The SMILES string of the molecule is Cn1c(C2(C)CCCO2)nc2cc(C#N)ccc21. The molecule has 0 radical (unpaired) electrons. The Hall–Kier alpha value is -1.86. The number of nitrogens with zero attached hydrogens (tertiary/aromatic N) is 3. The number of aromatic nitrogens is 2. The Labute approximate surface area is 106 Å². The van der Waals surface area contributed by atoms with Crippen molar-refractivity contribution in [2.75, 3.05) is 6.61 Å². The zero-order valence-electron chi connectivity index (χ0n) is 10.6. The van der Waals surface area contributed by atoms with E-state index in [9.17, 15) is 0 Å². The van der Waals surface area contributed by atoms with E-state index in [1.165, 1.54) is 0 Å². The van der Waals surface area contributed by atoms with Crippen LogP contribution in [0.5, 0.6) is 0 Å². The molecule has 1 aromatic carbocycles. The molecule has 0 saturated carbocycles. The van der Waals surface area contributed by atoms with Gasteiger partial charge < -0.3 is 9.30 Å². The molecular formula is C14H15N3O. The normalized spacial score (nSPS) is 23.4. The van der Waals surface area contributed by atoms with Crippen LogP contribution in [-0.4, -0.2) is 16.2 Å². The molecule has 0 spiro atoms. The van der Waals surface area contributed by atoms with Gasteiger partial charge in [-0.05, 0) is 38.0 Å². The van der Waals surface area contributed by atoms with Gasteiger partial charge in [-0.3, -0.25) is 0 Å². The molecule has 1 saturated heterocycles. The van der Waals surface area contributed by atoms with Gasteiger partial charge in [0.05, 0.1) is 22.7 Å². The van der Waals surface area contributed by atoms with Crippen LogP contribution < -0.4 is 0 Å². The monoisotopic (exact) mass is 241 g/mol. The molecule has 92 valence electrons. The number of aryl methyl sites for hydroxylation is 1. The van der Waals surface area contributed by atoms with Crippen molar-refractivity contribution in [3.63, 3.8) is 0 Å². The van der Waals surface area contributed by atoms with E-state index in [0.29, 0.717) is 5.56 Å². The third-order valence-corrected chi connectivity index (χ3v) is 3.70. The first kappa shape index (κ1) is 11.2. The van der Waals surface area contributed by atoms with E-state index < -0.39 is 0 Å². The number of benzene rings is 1. The number of imidazole rings is 1. The summed E-state index contributed by atoms with van der Waals surface area (Å²) >= 11 is 0. The van der Waals surface area contributed by atoms with Crippen LogP contribution in [0.1, 0.15) is 31.2 Å². The van der Waals surface area contributed by atoms with E-state index in [-0.39, 0.29) is 5.60 Å². The number of rotatable bonds is 1. The van der Waals surface area contributed by atoms with E-state index in [2.05, 4.69) is 22.5 Å². The van der Waals surface area contributed by atoms with E-state index in [1.807, 2.05) is 25.2 Å². The van der Waals surface area contributed by atoms with Gasteiger partial charge in [0.25, 0.3) is 0 Å². The van der Waals surface area contributed by atoms with Gasteiger partial charge in [-0.1, -0.05) is 0 Å². The number of hydrogen-bond donors (Lipinski definition) is 0. The summed E-state index contributed by atoms with van der Waals surface area (Å²) in [5, 5.41) is 8.93. The summed E-state index contributed by atoms with van der Waals surface area (Å²) < 4.78 is 7.92. The average Bonchev–Trinajstić information content (AvgIpc) is 2.95. The summed E-state index contributed by atoms with van der Waals surface area (Å²) in [4.78, 5) is 4.66. The lowest BCUT2D eigenvalue weighted by molar-refractivity contribution is 0.00761. The predicted octanol–water partition coefficient (Wildman–Crippen LogP) is 2.47. The largest absolute Gasteiger partial charge is 0.367 e. The van der Waals surface area contributed by atoms with Crippen molar-refractivity contribution in [3.05, 3.63) is 29.6 Å². The van der Waals surface area contributed by atoms with Gasteiger partial charge in [-0.15, -0.1) is 0 Å². The van der Waals surface area contributed by atoms with Crippen LogP contribution >= 0.6 is 0 Å². The van der Waals surface area contributed by atoms with Crippen molar-refractivity contribution in [3.8, 4) is 6.07 Å². The van der Waals surface area contributed by atoms with E-state index in [1.54, 1.807) is 0 Å². The minimum absolute atomic E-state index is 0.291. The highest BCUT2D eigenvalue weighted by atomic mass is 16.5. The van der Waals surface area contributed by atoms with E-state index in [0.717, 1.165) is 36.3 Å². The number of hydrogen-bond acceptors (Lipinski definition) is 3. The second-order valence-electron chi connectivity index (χ2n) is 4.99. The molecule has 1 unspecified atom stereocenters. The Balaban J connectivity index is 2.19. The van der Waals surface area contributed by atoms with Crippen molar-refractivity contribution in [1.82, 2.24) is 9.55 Å². The summed E-state index contributed by atoms with van der Waals surface area (Å²) in [6.07, 6.45) is 2.07. The number of nitriles is 1. The molecule has 1 atom stereocenters. The Morgan fingerprint density at radius 2 is 2.33 bits per heavy atom. The number of ether oxygens (including phenoxy) is 1. The first-order valence-corrected chi connectivity index (χ1v) is 6.15. The zero-order valence-corrected chi connectivity index (χ0v) is 10.6. The lowest BCUT2D eigenvalue weighted by atomic mass is 10.0. The van der Waals surface area contributed by atoms with Crippen molar-refractivity contribution in [2.45, 2.75) is 25.4 Å². The topological polar surface area (TPSA) is 50.8 Å². The third kappa shape index (κ3) is 1.52. The second-order valence-corrected chi connectivity index (χ2v) is 4.99. The Bertz CT molecular complexity index is 645. The fourth-order valence-corrected chi connectivity index (χ4v) is 2.70. The predicted molar refractivity (Wildman–Crippen MR) is 68.0 cm³/mol. The smallest absolute Gasteiger partial charge is 0.141 e. The molecule has 4 nitrogen and oxygen atoms in total. The Morgan fingerprint density at radius 3 is 3.00 bits per heavy atom. The molecule has 1 aliphatic rings. The summed E-state index contributed by atoms with van der Waals surface area (Å²) in [6, 6.07) is 7.75. The summed E-state index contributed by atoms with van der Waals surface area (Å²) in [6.45, 7) is 2.88. The quantitative estimate of drug-likeness (QED) is 0.770. The van der Waals surface area contributed by atoms with Gasteiger partial charge in [0, 0.05) is 13.7 Å². The van der Waals surface area contributed by atoms with Crippen molar-refractivity contribution < 1.29 is 4.74 Å². The maximum atomic E-state index is 8.93. The fraction of sp³-hybridized carbons (Fsp3) is 0.429. The minimum atomic E-state index is -0.291. The van der Waals surface area contributed by atoms with E-state index >= 15 is 0 Å². The molecule has 2 aromatic rings. The molecule has 1 aliphatic heterocycles. The molecule has 3 rings (SSSR count). The first-order chi connectivity index (χ1) is 8.64. The molecule has 0 N–H and O–H groups in total. The number of fused-ring (bicyclic) bond motifs is 1. The Kier molecular flexibility index (Phi) is 2.39. The standard InChI is InChI=1S/C14H15N3O/c1-14(6-3-7-18-14)13-16-11-8-10(9-15)4-5-12(11)17(13)2/h4-5,8H,3,6-7H2,1-2H3. The van der Waals surface area contributed by atoms with E-state index in [4.69, 9.17) is 10.00 Å². The molecule has 0 aliphatic carbocycles. The molecular weight excluding hydrogens is 226 g/mol. The molecule has 1 aromatic heterocycles. The highest BCUT2D eigenvalue weighted by Gasteiger charge is 2.36. The molecule has 2 heterocycles. The van der Waals surface area contributed by atoms with Gasteiger partial charge in [0.15, 0.2) is 0 Å². The zero-order chi connectivity index (χ0) is 12.8. The Morgan fingerprint density at radius 1 is 1.50 bits per heavy atom. The fourth-order valence-electron chi connectivity index (χ4n) is 2.70. The maximum Gasteiger partial charge on any atom is 0.141 e. The molecule has 1 fully saturated rings. The first-order valence-electron chi connectivity index (χ1n) is 6.15. The van der Waals surface area contributed by atoms with Crippen LogP contribution in [0.15, 0.2) is 18.2 Å². The molecule has 0 amide bonds. The molecule has 0 bridgehead atoms. The van der Waals surface area contributed by atoms with Crippen LogP contribution in [-0.2, 0) is 17.4 Å². The van der Waals surface area contributed by atoms with Crippen molar-refractivity contribution >= 4 is 11.0 Å². The van der Waals surface area contributed by atoms with Crippen LogP contribution in [0.2, 0.25) is 0 Å². The summed E-state index contributed by atoms with van der Waals surface area (Å²) in [7, 11) is 2.00. The molecule has 4 heteroatoms. The lowest BCUT2D eigenvalue weighted by Gasteiger charge is -2.22. The highest BCUT2D eigenvalue weighted by molar-refractivity contribution is 5.77. The van der Waals surface area contributed by atoms with Gasteiger partial charge in [0.2, 0.25) is 0 Å². The summed E-state index contributed by atoms with van der Waals surface area (Å²) in [5.74, 6) is 0.949. The highest BCUT2D eigenvalue weighted by Crippen LogP contribution is 2.36. The van der Waals surface area contributed by atoms with Crippen molar-refractivity contribution in [2.24, 2.45) is 7.05 Å². The second kappa shape index (κ2) is 3.82. The van der Waals surface area contributed by atoms with Crippen molar-refractivity contribution in [1.29, 1.82) is 5.26 Å². The summed E-state index contributed by atoms with van der Waals surface area (Å²) in [5.41, 5.74) is 2.26. The van der Waals surface area contributed by atoms with Gasteiger partial charge in [0.1, 0.15) is 11.4 Å². The maximum absolute atomic E-state index is 8.93. The minimum Gasteiger partial charge on any atom is -0.367 e.